The van der Waals surface area contributed by atoms with E-state index in [0.717, 1.165) is 18.5 Å². The van der Waals surface area contributed by atoms with E-state index >= 15 is 0 Å². The second-order valence-electron chi connectivity index (χ2n) is 5.52. The van der Waals surface area contributed by atoms with Crippen LogP contribution in [0.4, 0.5) is 5.69 Å². The highest BCUT2D eigenvalue weighted by Crippen LogP contribution is 2.25. The van der Waals surface area contributed by atoms with Crippen molar-refractivity contribution in [3.63, 3.8) is 0 Å². The Kier molecular flexibility index (Phi) is 7.58. The summed E-state index contributed by atoms with van der Waals surface area (Å²) in [5, 5.41) is 3.94. The predicted molar refractivity (Wildman–Crippen MR) is 114 cm³/mol. The highest BCUT2D eigenvalue weighted by atomic mass is 127. The number of nitrogens with one attached hydrogen (secondary N) is 1. The highest BCUT2D eigenvalue weighted by molar-refractivity contribution is 14.0. The Morgan fingerprint density at radius 3 is 2.84 bits per heavy atom. The SMILES string of the molecule is I.NC(=NCCOc1ncc(Cl)cc1Cl)Nc1ccc2c(c1)CCC2. The molecule has 0 amide bonds. The van der Waals surface area contributed by atoms with Gasteiger partial charge in [-0.05, 0) is 48.6 Å². The Morgan fingerprint density at radius 2 is 2.04 bits per heavy atom. The summed E-state index contributed by atoms with van der Waals surface area (Å²) in [5.74, 6) is 0.688. The van der Waals surface area contributed by atoms with Crippen molar-refractivity contribution >= 4 is 58.8 Å². The molecular formula is C17H19Cl2IN4O. The summed E-state index contributed by atoms with van der Waals surface area (Å²) in [5.41, 5.74) is 9.68. The molecule has 0 radical (unpaired) electrons. The van der Waals surface area contributed by atoms with Crippen LogP contribution in [0.25, 0.3) is 0 Å². The van der Waals surface area contributed by atoms with Gasteiger partial charge in [-0.25, -0.2) is 9.98 Å². The Bertz CT molecular complexity index is 770. The molecule has 0 aliphatic heterocycles. The van der Waals surface area contributed by atoms with E-state index in [1.165, 1.54) is 23.7 Å². The van der Waals surface area contributed by atoms with Gasteiger partial charge in [0.25, 0.3) is 0 Å². The zero-order valence-corrected chi connectivity index (χ0v) is 17.3. The van der Waals surface area contributed by atoms with E-state index in [2.05, 4.69) is 27.4 Å². The number of pyridine rings is 1. The largest absolute Gasteiger partial charge is 0.475 e. The summed E-state index contributed by atoms with van der Waals surface area (Å²) in [6.07, 6.45) is 5.00. The maximum Gasteiger partial charge on any atom is 0.232 e. The molecule has 0 spiro atoms. The van der Waals surface area contributed by atoms with Gasteiger partial charge in [0.2, 0.25) is 5.88 Å². The van der Waals surface area contributed by atoms with E-state index in [0.29, 0.717) is 35.0 Å². The number of hydrogen-bond acceptors (Lipinski definition) is 3. The monoisotopic (exact) mass is 492 g/mol. The van der Waals surface area contributed by atoms with Crippen LogP contribution in [-0.2, 0) is 12.8 Å². The van der Waals surface area contributed by atoms with Gasteiger partial charge in [0.15, 0.2) is 5.96 Å². The van der Waals surface area contributed by atoms with E-state index in [9.17, 15) is 0 Å². The lowest BCUT2D eigenvalue weighted by molar-refractivity contribution is 0.316. The van der Waals surface area contributed by atoms with Crippen LogP contribution in [0.5, 0.6) is 5.88 Å². The third-order valence-corrected chi connectivity index (χ3v) is 4.23. The highest BCUT2D eigenvalue weighted by Gasteiger charge is 2.10. The molecule has 134 valence electrons. The standard InChI is InChI=1S/C17H18Cl2N4O.HI/c18-13-9-15(19)16(22-10-13)24-7-6-21-17(20)23-14-5-4-11-2-1-3-12(11)8-14;/h4-5,8-10H,1-3,6-7H2,(H3,20,21,23);1H. The van der Waals surface area contributed by atoms with Crippen molar-refractivity contribution in [2.24, 2.45) is 10.7 Å². The zero-order chi connectivity index (χ0) is 16.9. The van der Waals surface area contributed by atoms with Crippen LogP contribution in [0.1, 0.15) is 17.5 Å². The minimum absolute atomic E-state index is 0. The summed E-state index contributed by atoms with van der Waals surface area (Å²) in [4.78, 5) is 8.25. The van der Waals surface area contributed by atoms with Crippen LogP contribution in [-0.4, -0.2) is 24.1 Å². The third kappa shape index (κ3) is 5.62. The number of fused-ring (bicyclic) bond motifs is 1. The molecule has 25 heavy (non-hydrogen) atoms. The molecule has 0 fully saturated rings. The van der Waals surface area contributed by atoms with E-state index in [1.54, 1.807) is 6.07 Å². The topological polar surface area (TPSA) is 72.5 Å². The number of rotatable bonds is 5. The van der Waals surface area contributed by atoms with Gasteiger partial charge in [0, 0.05) is 11.9 Å². The number of ether oxygens (including phenoxy) is 1. The Morgan fingerprint density at radius 1 is 1.24 bits per heavy atom. The minimum Gasteiger partial charge on any atom is -0.475 e. The molecule has 0 saturated heterocycles. The molecule has 8 heteroatoms. The molecule has 1 aliphatic carbocycles. The normalized spacial score (nSPS) is 13.1. The van der Waals surface area contributed by atoms with E-state index in [-0.39, 0.29) is 24.0 Å². The van der Waals surface area contributed by atoms with Gasteiger partial charge >= 0.3 is 0 Å². The average Bonchev–Trinajstić information content (AvgIpc) is 3.01. The number of nitrogens with zero attached hydrogens (tertiary/aromatic N) is 2. The van der Waals surface area contributed by atoms with Crippen molar-refractivity contribution in [3.05, 3.63) is 51.6 Å². The summed E-state index contributed by atoms with van der Waals surface area (Å²) < 4.78 is 5.46. The molecule has 3 N–H and O–H groups in total. The van der Waals surface area contributed by atoms with Crippen molar-refractivity contribution in [1.29, 1.82) is 0 Å². The van der Waals surface area contributed by atoms with Gasteiger partial charge in [-0.15, -0.1) is 24.0 Å². The molecule has 0 atom stereocenters. The lowest BCUT2D eigenvalue weighted by atomic mass is 10.1. The number of hydrogen-bond donors (Lipinski definition) is 2. The summed E-state index contributed by atoms with van der Waals surface area (Å²) in [7, 11) is 0. The fourth-order valence-corrected chi connectivity index (χ4v) is 3.09. The van der Waals surface area contributed by atoms with Gasteiger partial charge in [0.05, 0.1) is 11.6 Å². The van der Waals surface area contributed by atoms with Gasteiger partial charge in [-0.3, -0.25) is 0 Å². The van der Waals surface area contributed by atoms with Crippen LogP contribution >= 0.6 is 47.2 Å². The number of anilines is 1. The minimum atomic E-state index is 0. The number of nitrogens with two attached hydrogens (primary N) is 1. The first-order valence-corrected chi connectivity index (χ1v) is 8.50. The van der Waals surface area contributed by atoms with Crippen molar-refractivity contribution < 1.29 is 4.74 Å². The van der Waals surface area contributed by atoms with E-state index in [1.807, 2.05) is 6.07 Å². The molecule has 0 bridgehead atoms. The zero-order valence-electron chi connectivity index (χ0n) is 13.5. The molecule has 0 unspecified atom stereocenters. The van der Waals surface area contributed by atoms with Crippen LogP contribution in [0, 0.1) is 0 Å². The molecule has 0 saturated carbocycles. The van der Waals surface area contributed by atoms with Crippen molar-refractivity contribution in [2.45, 2.75) is 19.3 Å². The Balaban J connectivity index is 0.00000225. The average molecular weight is 493 g/mol. The Labute approximate surface area is 174 Å². The van der Waals surface area contributed by atoms with Crippen molar-refractivity contribution in [2.75, 3.05) is 18.5 Å². The van der Waals surface area contributed by atoms with E-state index in [4.69, 9.17) is 33.7 Å². The van der Waals surface area contributed by atoms with Crippen molar-refractivity contribution in [3.8, 4) is 5.88 Å². The lowest BCUT2D eigenvalue weighted by Crippen LogP contribution is -2.23. The van der Waals surface area contributed by atoms with Gasteiger partial charge in [-0.1, -0.05) is 29.3 Å². The van der Waals surface area contributed by atoms with Gasteiger partial charge < -0.3 is 15.8 Å². The van der Waals surface area contributed by atoms with Crippen LogP contribution < -0.4 is 15.8 Å². The van der Waals surface area contributed by atoms with Crippen LogP contribution in [0.3, 0.4) is 0 Å². The first kappa shape index (κ1) is 20.1. The summed E-state index contributed by atoms with van der Waals surface area (Å²) in [6.45, 7) is 0.714. The molecule has 2 aromatic rings. The fraction of sp³-hybridized carbons (Fsp3) is 0.294. The molecule has 1 heterocycles. The second kappa shape index (κ2) is 9.45. The number of aliphatic imine (C=N–C) groups is 1. The number of halogens is 3. The number of aryl methyl sites for hydroxylation is 2. The predicted octanol–water partition coefficient (Wildman–Crippen LogP) is 4.30. The third-order valence-electron chi connectivity index (χ3n) is 3.76. The maximum absolute atomic E-state index is 5.98. The molecule has 5 nitrogen and oxygen atoms in total. The molecule has 1 aromatic heterocycles. The molecule has 1 aliphatic rings. The summed E-state index contributed by atoms with van der Waals surface area (Å²) >= 11 is 11.8. The van der Waals surface area contributed by atoms with Crippen molar-refractivity contribution in [1.82, 2.24) is 4.98 Å². The lowest BCUT2D eigenvalue weighted by Gasteiger charge is -2.08. The molecular weight excluding hydrogens is 474 g/mol. The fourth-order valence-electron chi connectivity index (χ4n) is 2.65. The van der Waals surface area contributed by atoms with E-state index < -0.39 is 0 Å². The number of guanidine groups is 1. The molecule has 3 rings (SSSR count). The first-order valence-electron chi connectivity index (χ1n) is 7.74. The van der Waals surface area contributed by atoms with Gasteiger partial charge in [0.1, 0.15) is 11.6 Å². The number of benzene rings is 1. The summed E-state index contributed by atoms with van der Waals surface area (Å²) in [6, 6.07) is 7.90. The number of aromatic nitrogens is 1. The molecule has 1 aromatic carbocycles. The smallest absolute Gasteiger partial charge is 0.232 e. The van der Waals surface area contributed by atoms with Crippen LogP contribution in [0.15, 0.2) is 35.5 Å². The second-order valence-corrected chi connectivity index (χ2v) is 6.36. The Hall–Kier alpha value is -1.25. The first-order chi connectivity index (χ1) is 11.6. The quantitative estimate of drug-likeness (QED) is 0.282. The van der Waals surface area contributed by atoms with Gasteiger partial charge in [-0.2, -0.15) is 0 Å². The maximum atomic E-state index is 5.98. The van der Waals surface area contributed by atoms with Crippen LogP contribution in [0.2, 0.25) is 10.0 Å².